The first-order chi connectivity index (χ1) is 14.0. The number of aromatic nitrogens is 3. The number of benzene rings is 1. The van der Waals surface area contributed by atoms with Gasteiger partial charge in [0.1, 0.15) is 0 Å². The molecule has 0 atom stereocenters. The molecule has 0 unspecified atom stereocenters. The molecule has 8 heteroatoms. The molecule has 1 aromatic carbocycles. The molecule has 0 saturated heterocycles. The van der Waals surface area contributed by atoms with Crippen LogP contribution in [-0.4, -0.2) is 26.4 Å². The van der Waals surface area contributed by atoms with E-state index in [1.807, 2.05) is 23.5 Å². The second kappa shape index (κ2) is 8.90. The number of hydrogen-bond donors (Lipinski definition) is 1. The molecule has 0 bridgehead atoms. The van der Waals surface area contributed by atoms with Gasteiger partial charge in [0.2, 0.25) is 5.91 Å². The molecule has 1 aliphatic rings. The number of aryl methyl sites for hydroxylation is 1. The Morgan fingerprint density at radius 2 is 2.14 bits per heavy atom. The lowest BCUT2D eigenvalue weighted by Gasteiger charge is -2.16. The number of anilines is 1. The first kappa shape index (κ1) is 20.4. The number of fused-ring (bicyclic) bond motifs is 1. The highest BCUT2D eigenvalue weighted by atomic mass is 35.5. The predicted octanol–water partition coefficient (Wildman–Crippen LogP) is 5.85. The molecular weight excluding hydrogens is 424 g/mol. The van der Waals surface area contributed by atoms with E-state index in [9.17, 15) is 4.79 Å². The Bertz CT molecular complexity index is 1030. The fourth-order valence-corrected chi connectivity index (χ4v) is 5.78. The van der Waals surface area contributed by atoms with E-state index in [1.54, 1.807) is 12.1 Å². The van der Waals surface area contributed by atoms with Gasteiger partial charge in [-0.3, -0.25) is 9.36 Å². The van der Waals surface area contributed by atoms with E-state index in [2.05, 4.69) is 39.3 Å². The Balaban J connectivity index is 1.51. The van der Waals surface area contributed by atoms with Crippen molar-refractivity contribution >= 4 is 46.3 Å². The van der Waals surface area contributed by atoms with E-state index in [4.69, 9.17) is 11.6 Å². The molecule has 2 aromatic heterocycles. The van der Waals surface area contributed by atoms with Crippen molar-refractivity contribution in [2.45, 2.75) is 50.7 Å². The quantitative estimate of drug-likeness (QED) is 0.482. The van der Waals surface area contributed by atoms with Crippen molar-refractivity contribution in [2.24, 2.45) is 0 Å². The lowest BCUT2D eigenvalue weighted by molar-refractivity contribution is -0.113. The number of thioether (sulfide) groups is 1. The van der Waals surface area contributed by atoms with Crippen LogP contribution in [0.15, 0.2) is 34.8 Å². The van der Waals surface area contributed by atoms with Crippen LogP contribution in [0.25, 0.3) is 11.4 Å². The zero-order valence-electron chi connectivity index (χ0n) is 16.4. The van der Waals surface area contributed by atoms with Crippen LogP contribution >= 0.6 is 34.7 Å². The largest absolute Gasteiger partial charge is 0.325 e. The van der Waals surface area contributed by atoms with Crippen LogP contribution in [0, 0.1) is 0 Å². The Kier molecular flexibility index (Phi) is 6.27. The van der Waals surface area contributed by atoms with Gasteiger partial charge in [0.15, 0.2) is 11.0 Å². The third kappa shape index (κ3) is 4.52. The van der Waals surface area contributed by atoms with Gasteiger partial charge in [-0.15, -0.1) is 21.5 Å². The maximum atomic E-state index is 12.4. The van der Waals surface area contributed by atoms with Crippen LogP contribution in [0.2, 0.25) is 5.02 Å². The number of thiophene rings is 1. The number of rotatable bonds is 6. The van der Waals surface area contributed by atoms with E-state index in [-0.39, 0.29) is 17.7 Å². The average Bonchev–Trinajstić information content (AvgIpc) is 3.30. The highest BCUT2D eigenvalue weighted by molar-refractivity contribution is 7.99. The minimum Gasteiger partial charge on any atom is -0.325 e. The fourth-order valence-electron chi connectivity index (χ4n) is 3.60. The topological polar surface area (TPSA) is 59.8 Å². The fraction of sp³-hybridized carbons (Fsp3) is 0.381. The first-order valence-corrected chi connectivity index (χ1v) is 12.0. The maximum absolute atomic E-state index is 12.4. The van der Waals surface area contributed by atoms with Gasteiger partial charge in [-0.1, -0.05) is 29.4 Å². The SMILES string of the molecule is CC(C)n1c(SCC(=O)Nc2cccc(Cl)c2)nnc1-c1csc2c1CCCC2. The van der Waals surface area contributed by atoms with E-state index >= 15 is 0 Å². The van der Waals surface area contributed by atoms with Crippen molar-refractivity contribution in [1.82, 2.24) is 14.8 Å². The van der Waals surface area contributed by atoms with Gasteiger partial charge in [0.05, 0.1) is 5.75 Å². The number of amides is 1. The van der Waals surface area contributed by atoms with Crippen LogP contribution in [0.5, 0.6) is 0 Å². The molecule has 3 aromatic rings. The van der Waals surface area contributed by atoms with Crippen molar-refractivity contribution in [1.29, 1.82) is 0 Å². The van der Waals surface area contributed by atoms with E-state index in [1.165, 1.54) is 47.0 Å². The molecule has 0 saturated carbocycles. The molecule has 29 heavy (non-hydrogen) atoms. The summed E-state index contributed by atoms with van der Waals surface area (Å²) in [6.45, 7) is 4.25. The number of carbonyl (C=O) groups is 1. The predicted molar refractivity (Wildman–Crippen MR) is 121 cm³/mol. The zero-order valence-corrected chi connectivity index (χ0v) is 18.8. The molecule has 0 spiro atoms. The normalized spacial score (nSPS) is 13.5. The molecule has 0 fully saturated rings. The molecule has 1 amide bonds. The number of nitrogens with zero attached hydrogens (tertiary/aromatic N) is 3. The Morgan fingerprint density at radius 3 is 2.93 bits per heavy atom. The highest BCUT2D eigenvalue weighted by Crippen LogP contribution is 2.37. The first-order valence-electron chi connectivity index (χ1n) is 9.75. The summed E-state index contributed by atoms with van der Waals surface area (Å²) in [5.74, 6) is 1.08. The van der Waals surface area contributed by atoms with Gasteiger partial charge >= 0.3 is 0 Å². The molecule has 0 aliphatic heterocycles. The molecule has 152 valence electrons. The lowest BCUT2D eigenvalue weighted by Crippen LogP contribution is -2.15. The summed E-state index contributed by atoms with van der Waals surface area (Å²) >= 11 is 9.23. The summed E-state index contributed by atoms with van der Waals surface area (Å²) in [6, 6.07) is 7.36. The van der Waals surface area contributed by atoms with Crippen LogP contribution in [-0.2, 0) is 17.6 Å². The van der Waals surface area contributed by atoms with Gasteiger partial charge in [0.25, 0.3) is 0 Å². The van der Waals surface area contributed by atoms with Crippen LogP contribution < -0.4 is 5.32 Å². The number of hydrogen-bond acceptors (Lipinski definition) is 5. The number of carbonyl (C=O) groups excluding carboxylic acids is 1. The molecule has 1 N–H and O–H groups in total. The molecule has 0 radical (unpaired) electrons. The molecule has 2 heterocycles. The summed E-state index contributed by atoms with van der Waals surface area (Å²) in [6.07, 6.45) is 4.79. The number of halogens is 1. The lowest BCUT2D eigenvalue weighted by atomic mass is 9.95. The second-order valence-electron chi connectivity index (χ2n) is 7.38. The summed E-state index contributed by atoms with van der Waals surface area (Å²) in [5, 5.41) is 15.4. The minimum absolute atomic E-state index is 0.0926. The van der Waals surface area contributed by atoms with Gasteiger partial charge in [0, 0.05) is 32.6 Å². The second-order valence-corrected chi connectivity index (χ2v) is 9.72. The van der Waals surface area contributed by atoms with Crippen molar-refractivity contribution in [2.75, 3.05) is 11.1 Å². The van der Waals surface area contributed by atoms with E-state index in [0.717, 1.165) is 17.4 Å². The smallest absolute Gasteiger partial charge is 0.234 e. The van der Waals surface area contributed by atoms with Crippen LogP contribution in [0.4, 0.5) is 5.69 Å². The van der Waals surface area contributed by atoms with Crippen molar-refractivity contribution in [3.63, 3.8) is 0 Å². The van der Waals surface area contributed by atoms with Crippen molar-refractivity contribution in [3.8, 4) is 11.4 Å². The summed E-state index contributed by atoms with van der Waals surface area (Å²) in [7, 11) is 0. The third-order valence-corrected chi connectivity index (χ3v) is 7.19. The van der Waals surface area contributed by atoms with Gasteiger partial charge < -0.3 is 5.32 Å². The monoisotopic (exact) mass is 446 g/mol. The van der Waals surface area contributed by atoms with Crippen molar-refractivity contribution in [3.05, 3.63) is 45.1 Å². The van der Waals surface area contributed by atoms with Crippen molar-refractivity contribution < 1.29 is 4.79 Å². The molecular formula is C21H23ClN4OS2. The van der Waals surface area contributed by atoms with Gasteiger partial charge in [-0.05, 0) is 63.3 Å². The Morgan fingerprint density at radius 1 is 1.31 bits per heavy atom. The Hall–Kier alpha value is -1.83. The number of nitrogens with one attached hydrogen (secondary N) is 1. The maximum Gasteiger partial charge on any atom is 0.234 e. The van der Waals surface area contributed by atoms with Crippen LogP contribution in [0.1, 0.15) is 43.2 Å². The zero-order chi connectivity index (χ0) is 20.4. The summed E-state index contributed by atoms with van der Waals surface area (Å²) in [4.78, 5) is 13.9. The summed E-state index contributed by atoms with van der Waals surface area (Å²) in [5.41, 5.74) is 3.34. The van der Waals surface area contributed by atoms with Crippen LogP contribution in [0.3, 0.4) is 0 Å². The van der Waals surface area contributed by atoms with E-state index in [0.29, 0.717) is 10.7 Å². The molecule has 1 aliphatic carbocycles. The molecule has 5 nitrogen and oxygen atoms in total. The average molecular weight is 447 g/mol. The Labute approximate surface area is 183 Å². The highest BCUT2D eigenvalue weighted by Gasteiger charge is 2.23. The van der Waals surface area contributed by atoms with Gasteiger partial charge in [-0.2, -0.15) is 0 Å². The third-order valence-electron chi connectivity index (χ3n) is 4.92. The minimum atomic E-state index is -0.0926. The standard InChI is InChI=1S/C21H23ClN4OS2/c1-13(2)26-20(17-11-28-18-9-4-3-8-16(17)18)24-25-21(26)29-12-19(27)23-15-7-5-6-14(22)10-15/h5-7,10-11,13H,3-4,8-9,12H2,1-2H3,(H,23,27). The van der Waals surface area contributed by atoms with E-state index < -0.39 is 0 Å². The molecule has 4 rings (SSSR count). The summed E-state index contributed by atoms with van der Waals surface area (Å²) < 4.78 is 2.15. The van der Waals surface area contributed by atoms with Gasteiger partial charge in [-0.25, -0.2) is 0 Å².